The Morgan fingerprint density at radius 3 is 1.77 bits per heavy atom. The zero-order chi connectivity index (χ0) is 15.1. The molecule has 1 aliphatic carbocycles. The third-order valence-corrected chi connectivity index (χ3v) is 4.82. The molecule has 0 N–H and O–H groups in total. The maximum absolute atomic E-state index is 6.24. The average molecular weight is 325 g/mol. The minimum Gasteiger partial charge on any atom is -0.0843 e. The van der Waals surface area contributed by atoms with E-state index >= 15 is 0 Å². The van der Waals surface area contributed by atoms with Crippen LogP contribution in [0.15, 0.2) is 66.7 Å². The molecule has 0 aromatic heterocycles. The van der Waals surface area contributed by atoms with Crippen LogP contribution in [0.1, 0.15) is 22.6 Å². The Morgan fingerprint density at radius 1 is 0.682 bits per heavy atom. The first-order valence-corrected chi connectivity index (χ1v) is 8.11. The molecule has 0 saturated heterocycles. The van der Waals surface area contributed by atoms with Crippen molar-refractivity contribution < 1.29 is 0 Å². The SMILES string of the molecule is Clc1ccc2c(c1)C(Cc1ccccc1)c1cc(Cl)ccc1-2. The van der Waals surface area contributed by atoms with E-state index in [4.69, 9.17) is 23.2 Å². The predicted molar refractivity (Wildman–Crippen MR) is 93.9 cm³/mol. The normalized spacial score (nSPS) is 13.0. The quantitative estimate of drug-likeness (QED) is 0.515. The summed E-state index contributed by atoms with van der Waals surface area (Å²) in [6, 6.07) is 22.9. The molecule has 108 valence electrons. The van der Waals surface area contributed by atoms with Crippen LogP contribution in [0.5, 0.6) is 0 Å². The van der Waals surface area contributed by atoms with Gasteiger partial charge in [-0.1, -0.05) is 65.7 Å². The molecule has 0 bridgehead atoms. The molecule has 0 heterocycles. The molecule has 0 unspecified atom stereocenters. The van der Waals surface area contributed by atoms with Crippen LogP contribution >= 0.6 is 23.2 Å². The van der Waals surface area contributed by atoms with Crippen molar-refractivity contribution in [2.24, 2.45) is 0 Å². The van der Waals surface area contributed by atoms with Gasteiger partial charge in [0.2, 0.25) is 0 Å². The standard InChI is InChI=1S/C20H14Cl2/c21-14-6-8-16-17-9-7-15(22)12-20(17)18(19(16)11-14)10-13-4-2-1-3-5-13/h1-9,11-12,18H,10H2. The Bertz CT molecular complexity index is 786. The van der Waals surface area contributed by atoms with Crippen LogP contribution in [-0.2, 0) is 6.42 Å². The molecule has 3 aromatic carbocycles. The first-order valence-electron chi connectivity index (χ1n) is 7.35. The summed E-state index contributed by atoms with van der Waals surface area (Å²) in [5.41, 5.74) is 6.47. The summed E-state index contributed by atoms with van der Waals surface area (Å²) in [6.45, 7) is 0. The lowest BCUT2D eigenvalue weighted by molar-refractivity contribution is 0.827. The lowest BCUT2D eigenvalue weighted by Gasteiger charge is -2.14. The molecular formula is C20H14Cl2. The van der Waals surface area contributed by atoms with Gasteiger partial charge in [-0.15, -0.1) is 0 Å². The molecule has 0 fully saturated rings. The summed E-state index contributed by atoms with van der Waals surface area (Å²) in [4.78, 5) is 0. The van der Waals surface area contributed by atoms with Gasteiger partial charge in [0.15, 0.2) is 0 Å². The second-order valence-corrected chi connectivity index (χ2v) is 6.58. The molecule has 22 heavy (non-hydrogen) atoms. The monoisotopic (exact) mass is 324 g/mol. The van der Waals surface area contributed by atoms with Crippen molar-refractivity contribution in [3.63, 3.8) is 0 Å². The van der Waals surface area contributed by atoms with Crippen LogP contribution in [0.3, 0.4) is 0 Å². The van der Waals surface area contributed by atoms with Crippen LogP contribution in [-0.4, -0.2) is 0 Å². The Labute approximate surface area is 140 Å². The van der Waals surface area contributed by atoms with E-state index in [0.29, 0.717) is 5.92 Å². The van der Waals surface area contributed by atoms with Gasteiger partial charge >= 0.3 is 0 Å². The van der Waals surface area contributed by atoms with E-state index < -0.39 is 0 Å². The zero-order valence-electron chi connectivity index (χ0n) is 11.9. The molecule has 0 radical (unpaired) electrons. The molecule has 0 atom stereocenters. The third kappa shape index (κ3) is 2.33. The molecule has 4 rings (SSSR count). The minimum absolute atomic E-state index is 0.310. The van der Waals surface area contributed by atoms with Gasteiger partial charge in [0.1, 0.15) is 0 Å². The Morgan fingerprint density at radius 2 is 1.23 bits per heavy atom. The Balaban J connectivity index is 1.87. The van der Waals surface area contributed by atoms with E-state index in [2.05, 4.69) is 48.5 Å². The van der Waals surface area contributed by atoms with Crippen molar-refractivity contribution >= 4 is 23.2 Å². The number of hydrogen-bond donors (Lipinski definition) is 0. The topological polar surface area (TPSA) is 0 Å². The molecule has 0 amide bonds. The molecule has 1 aliphatic rings. The molecule has 2 heteroatoms. The van der Waals surface area contributed by atoms with Crippen LogP contribution in [0.4, 0.5) is 0 Å². The summed E-state index contributed by atoms with van der Waals surface area (Å²) in [5, 5.41) is 1.58. The fourth-order valence-electron chi connectivity index (χ4n) is 3.37. The highest BCUT2D eigenvalue weighted by molar-refractivity contribution is 6.31. The first-order chi connectivity index (χ1) is 10.7. The van der Waals surface area contributed by atoms with Crippen molar-refractivity contribution in [1.82, 2.24) is 0 Å². The van der Waals surface area contributed by atoms with Crippen molar-refractivity contribution in [1.29, 1.82) is 0 Å². The molecule has 0 nitrogen and oxygen atoms in total. The van der Waals surface area contributed by atoms with Gasteiger partial charge in [-0.2, -0.15) is 0 Å². The summed E-state index contributed by atoms with van der Waals surface area (Å²) in [6.07, 6.45) is 0.960. The van der Waals surface area contributed by atoms with Gasteiger partial charge in [-0.25, -0.2) is 0 Å². The largest absolute Gasteiger partial charge is 0.0843 e. The molecule has 0 spiro atoms. The first kappa shape index (κ1) is 13.9. The van der Waals surface area contributed by atoms with Gasteiger partial charge in [-0.05, 0) is 58.5 Å². The number of benzene rings is 3. The minimum atomic E-state index is 0.310. The Kier molecular flexibility index (Phi) is 3.44. The average Bonchev–Trinajstić information content (AvgIpc) is 2.81. The molecule has 3 aromatic rings. The maximum atomic E-state index is 6.24. The van der Waals surface area contributed by atoms with Gasteiger partial charge < -0.3 is 0 Å². The molecular weight excluding hydrogens is 311 g/mol. The summed E-state index contributed by atoms with van der Waals surface area (Å²) in [7, 11) is 0. The van der Waals surface area contributed by atoms with E-state index in [-0.39, 0.29) is 0 Å². The smallest absolute Gasteiger partial charge is 0.0409 e. The maximum Gasteiger partial charge on any atom is 0.0409 e. The summed E-state index contributed by atoms with van der Waals surface area (Å²) in [5.74, 6) is 0.310. The van der Waals surface area contributed by atoms with Crippen molar-refractivity contribution in [2.45, 2.75) is 12.3 Å². The fourth-order valence-corrected chi connectivity index (χ4v) is 3.73. The van der Waals surface area contributed by atoms with Gasteiger partial charge in [-0.3, -0.25) is 0 Å². The van der Waals surface area contributed by atoms with Crippen molar-refractivity contribution in [3.05, 3.63) is 93.5 Å². The lowest BCUT2D eigenvalue weighted by atomic mass is 9.90. The van der Waals surface area contributed by atoms with Crippen LogP contribution in [0, 0.1) is 0 Å². The van der Waals surface area contributed by atoms with E-state index in [9.17, 15) is 0 Å². The van der Waals surface area contributed by atoms with E-state index in [1.54, 1.807) is 0 Å². The lowest BCUT2D eigenvalue weighted by Crippen LogP contribution is -2.01. The molecule has 0 saturated carbocycles. The number of hydrogen-bond acceptors (Lipinski definition) is 0. The zero-order valence-corrected chi connectivity index (χ0v) is 13.4. The number of rotatable bonds is 2. The fraction of sp³-hybridized carbons (Fsp3) is 0.100. The second kappa shape index (κ2) is 5.46. The summed E-state index contributed by atoms with van der Waals surface area (Å²) < 4.78 is 0. The highest BCUT2D eigenvalue weighted by Gasteiger charge is 2.29. The third-order valence-electron chi connectivity index (χ3n) is 4.35. The van der Waals surface area contributed by atoms with Gasteiger partial charge in [0, 0.05) is 16.0 Å². The van der Waals surface area contributed by atoms with Crippen molar-refractivity contribution in [3.8, 4) is 11.1 Å². The van der Waals surface area contributed by atoms with Crippen LogP contribution < -0.4 is 0 Å². The number of halogens is 2. The molecule has 0 aliphatic heterocycles. The second-order valence-electron chi connectivity index (χ2n) is 5.71. The highest BCUT2D eigenvalue weighted by Crippen LogP contribution is 2.47. The van der Waals surface area contributed by atoms with E-state index in [1.807, 2.05) is 18.2 Å². The highest BCUT2D eigenvalue weighted by atomic mass is 35.5. The van der Waals surface area contributed by atoms with E-state index in [1.165, 1.54) is 27.8 Å². The van der Waals surface area contributed by atoms with E-state index in [0.717, 1.165) is 16.5 Å². The summed E-state index contributed by atoms with van der Waals surface area (Å²) >= 11 is 12.5. The van der Waals surface area contributed by atoms with Crippen LogP contribution in [0.2, 0.25) is 10.0 Å². The van der Waals surface area contributed by atoms with Crippen LogP contribution in [0.25, 0.3) is 11.1 Å². The van der Waals surface area contributed by atoms with Crippen molar-refractivity contribution in [2.75, 3.05) is 0 Å². The number of fused-ring (bicyclic) bond motifs is 3. The Hall–Kier alpha value is -1.76. The predicted octanol–water partition coefficient (Wildman–Crippen LogP) is 6.35. The van der Waals surface area contributed by atoms with Gasteiger partial charge in [0.25, 0.3) is 0 Å². The van der Waals surface area contributed by atoms with Gasteiger partial charge in [0.05, 0.1) is 0 Å².